The van der Waals surface area contributed by atoms with Crippen molar-refractivity contribution in [3.05, 3.63) is 30.2 Å². The number of aliphatic imine (C=N–C) groups is 1. The van der Waals surface area contributed by atoms with E-state index in [9.17, 15) is 0 Å². The summed E-state index contributed by atoms with van der Waals surface area (Å²) in [5, 5.41) is 15.2. The molecule has 0 spiro atoms. The van der Waals surface area contributed by atoms with Gasteiger partial charge in [-0.25, -0.2) is 0 Å². The highest BCUT2D eigenvalue weighted by Crippen LogP contribution is 2.12. The number of guanidine groups is 1. The first-order valence-corrected chi connectivity index (χ1v) is 9.24. The first kappa shape index (κ1) is 18.6. The van der Waals surface area contributed by atoms with Crippen LogP contribution in [-0.2, 0) is 11.3 Å². The molecule has 1 fully saturated rings. The summed E-state index contributed by atoms with van der Waals surface area (Å²) >= 11 is 0. The third-order valence-corrected chi connectivity index (χ3v) is 4.78. The number of aromatic nitrogens is 3. The molecule has 1 atom stereocenters. The van der Waals surface area contributed by atoms with Crippen LogP contribution in [0, 0.1) is 5.92 Å². The molecular weight excluding hydrogens is 330 g/mol. The molecule has 1 aliphatic heterocycles. The van der Waals surface area contributed by atoms with Gasteiger partial charge in [-0.3, -0.25) is 14.3 Å². The summed E-state index contributed by atoms with van der Waals surface area (Å²) in [5.41, 5.74) is 0.847. The molecule has 2 aromatic rings. The highest BCUT2D eigenvalue weighted by atomic mass is 16.5. The summed E-state index contributed by atoms with van der Waals surface area (Å²) in [7, 11) is 1.79. The second-order valence-corrected chi connectivity index (χ2v) is 6.81. The molecule has 0 saturated carbocycles. The van der Waals surface area contributed by atoms with Crippen molar-refractivity contribution in [1.82, 2.24) is 30.1 Å². The van der Waals surface area contributed by atoms with Crippen molar-refractivity contribution in [3.63, 3.8) is 0 Å². The Balaban J connectivity index is 1.55. The van der Waals surface area contributed by atoms with Crippen LogP contribution >= 0.6 is 0 Å². The number of rotatable bonds is 6. The fourth-order valence-electron chi connectivity index (χ4n) is 3.29. The minimum absolute atomic E-state index is 0.450. The van der Waals surface area contributed by atoms with Crippen molar-refractivity contribution in [1.29, 1.82) is 0 Å². The van der Waals surface area contributed by atoms with Gasteiger partial charge in [-0.15, -0.1) is 10.2 Å². The minimum atomic E-state index is 0.450. The largest absolute Gasteiger partial charge is 0.379 e. The van der Waals surface area contributed by atoms with Gasteiger partial charge in [0.2, 0.25) is 0 Å². The molecule has 3 heterocycles. The van der Waals surface area contributed by atoms with Crippen LogP contribution in [0.1, 0.15) is 19.7 Å². The lowest BCUT2D eigenvalue weighted by Crippen LogP contribution is -2.52. The van der Waals surface area contributed by atoms with Crippen molar-refractivity contribution in [2.75, 3.05) is 39.9 Å². The molecule has 3 rings (SSSR count). The summed E-state index contributed by atoms with van der Waals surface area (Å²) in [6.07, 6.45) is 1.97. The molecule has 2 N–H and O–H groups in total. The van der Waals surface area contributed by atoms with E-state index in [4.69, 9.17) is 4.74 Å². The normalized spacial score (nSPS) is 17.6. The third-order valence-electron chi connectivity index (χ3n) is 4.78. The van der Waals surface area contributed by atoms with Gasteiger partial charge in [0.05, 0.1) is 19.8 Å². The number of morpholine rings is 1. The average Bonchev–Trinajstić information content (AvgIpc) is 3.08. The highest BCUT2D eigenvalue weighted by Gasteiger charge is 2.23. The number of ether oxygens (including phenoxy) is 1. The molecule has 142 valence electrons. The predicted octanol–water partition coefficient (Wildman–Crippen LogP) is 0.751. The molecule has 2 aromatic heterocycles. The Labute approximate surface area is 154 Å². The monoisotopic (exact) mass is 359 g/mol. The van der Waals surface area contributed by atoms with Crippen LogP contribution in [0.15, 0.2) is 29.4 Å². The molecule has 26 heavy (non-hydrogen) atoms. The summed E-state index contributed by atoms with van der Waals surface area (Å²) in [6, 6.07) is 6.33. The van der Waals surface area contributed by atoms with Gasteiger partial charge in [-0.2, -0.15) is 0 Å². The third kappa shape index (κ3) is 4.50. The maximum Gasteiger partial charge on any atom is 0.191 e. The molecule has 0 aliphatic carbocycles. The van der Waals surface area contributed by atoms with Crippen LogP contribution in [0.5, 0.6) is 0 Å². The van der Waals surface area contributed by atoms with Gasteiger partial charge >= 0.3 is 0 Å². The summed E-state index contributed by atoms with van der Waals surface area (Å²) in [6.45, 7) is 9.55. The van der Waals surface area contributed by atoms with Crippen LogP contribution in [0.2, 0.25) is 0 Å². The van der Waals surface area contributed by atoms with Gasteiger partial charge in [0.1, 0.15) is 0 Å². The molecule has 1 saturated heterocycles. The van der Waals surface area contributed by atoms with E-state index in [1.54, 1.807) is 7.05 Å². The van der Waals surface area contributed by atoms with Gasteiger partial charge in [-0.05, 0) is 18.1 Å². The molecule has 0 radical (unpaired) electrons. The summed E-state index contributed by atoms with van der Waals surface area (Å²) in [5.74, 6) is 2.19. The lowest BCUT2D eigenvalue weighted by molar-refractivity contribution is 0.00752. The summed E-state index contributed by atoms with van der Waals surface area (Å²) < 4.78 is 7.46. The number of nitrogens with zero attached hydrogens (tertiary/aromatic N) is 5. The Kier molecular flexibility index (Phi) is 6.40. The smallest absolute Gasteiger partial charge is 0.191 e. The van der Waals surface area contributed by atoms with Crippen LogP contribution < -0.4 is 10.6 Å². The molecule has 8 heteroatoms. The number of nitrogens with one attached hydrogen (secondary N) is 2. The maximum atomic E-state index is 5.48. The molecular formula is C18H29N7O. The van der Waals surface area contributed by atoms with Crippen molar-refractivity contribution in [2.45, 2.75) is 26.4 Å². The first-order valence-electron chi connectivity index (χ1n) is 9.24. The van der Waals surface area contributed by atoms with Crippen LogP contribution in [0.25, 0.3) is 5.65 Å². The Hall–Kier alpha value is -2.19. The Bertz CT molecular complexity index is 721. The number of hydrogen-bond acceptors (Lipinski definition) is 5. The van der Waals surface area contributed by atoms with Crippen LogP contribution in [0.4, 0.5) is 0 Å². The van der Waals surface area contributed by atoms with Crippen molar-refractivity contribution >= 4 is 11.6 Å². The van der Waals surface area contributed by atoms with Crippen molar-refractivity contribution in [2.24, 2.45) is 10.9 Å². The highest BCUT2D eigenvalue weighted by molar-refractivity contribution is 5.79. The number of hydrogen-bond donors (Lipinski definition) is 2. The second kappa shape index (κ2) is 8.95. The van der Waals surface area contributed by atoms with Crippen LogP contribution in [-0.4, -0.2) is 71.4 Å². The fraction of sp³-hybridized carbons (Fsp3) is 0.611. The number of pyridine rings is 1. The Morgan fingerprint density at radius 2 is 2.04 bits per heavy atom. The Morgan fingerprint density at radius 3 is 2.77 bits per heavy atom. The van der Waals surface area contributed by atoms with Gasteiger partial charge in [0.25, 0.3) is 0 Å². The molecule has 0 amide bonds. The molecule has 8 nitrogen and oxygen atoms in total. The zero-order chi connectivity index (χ0) is 18.4. The van der Waals surface area contributed by atoms with E-state index in [-0.39, 0.29) is 0 Å². The van der Waals surface area contributed by atoms with Crippen molar-refractivity contribution < 1.29 is 4.74 Å². The van der Waals surface area contributed by atoms with E-state index < -0.39 is 0 Å². The van der Waals surface area contributed by atoms with E-state index in [2.05, 4.69) is 44.6 Å². The average molecular weight is 359 g/mol. The zero-order valence-electron chi connectivity index (χ0n) is 15.9. The van der Waals surface area contributed by atoms with Gasteiger partial charge in [0, 0.05) is 38.9 Å². The van der Waals surface area contributed by atoms with Gasteiger partial charge in [0.15, 0.2) is 17.4 Å². The molecule has 0 bridgehead atoms. The standard InChI is InChI=1S/C18H29N7O/c1-14(2)15(24-8-10-26-11-9-24)12-20-18(19-3)21-13-17-23-22-16-6-4-5-7-25(16)17/h4-7,14-15H,8-13H2,1-3H3,(H2,19,20,21). The quantitative estimate of drug-likeness (QED) is 0.585. The van der Waals surface area contributed by atoms with Crippen LogP contribution in [0.3, 0.4) is 0 Å². The maximum absolute atomic E-state index is 5.48. The SMILES string of the molecule is CN=C(NCc1nnc2ccccn12)NCC(C(C)C)N1CCOCC1. The van der Waals surface area contributed by atoms with E-state index in [1.807, 2.05) is 28.8 Å². The fourth-order valence-corrected chi connectivity index (χ4v) is 3.29. The van der Waals surface area contributed by atoms with Crippen molar-refractivity contribution in [3.8, 4) is 0 Å². The molecule has 0 aromatic carbocycles. The second-order valence-electron chi connectivity index (χ2n) is 6.81. The summed E-state index contributed by atoms with van der Waals surface area (Å²) in [4.78, 5) is 6.84. The van der Waals surface area contributed by atoms with E-state index in [1.165, 1.54) is 0 Å². The molecule has 1 aliphatic rings. The Morgan fingerprint density at radius 1 is 1.23 bits per heavy atom. The lowest BCUT2D eigenvalue weighted by Gasteiger charge is -2.37. The van der Waals surface area contributed by atoms with E-state index >= 15 is 0 Å². The van der Waals surface area contributed by atoms with E-state index in [0.29, 0.717) is 18.5 Å². The zero-order valence-corrected chi connectivity index (χ0v) is 15.9. The van der Waals surface area contributed by atoms with E-state index in [0.717, 1.165) is 50.3 Å². The molecule has 1 unspecified atom stereocenters. The topological polar surface area (TPSA) is 79.1 Å². The minimum Gasteiger partial charge on any atom is -0.379 e. The lowest BCUT2D eigenvalue weighted by atomic mass is 10.0. The number of fused-ring (bicyclic) bond motifs is 1. The first-order chi connectivity index (χ1) is 12.7. The predicted molar refractivity (Wildman–Crippen MR) is 102 cm³/mol. The van der Waals surface area contributed by atoms with Gasteiger partial charge < -0.3 is 15.4 Å². The van der Waals surface area contributed by atoms with Gasteiger partial charge in [-0.1, -0.05) is 19.9 Å².